The van der Waals surface area contributed by atoms with Gasteiger partial charge in [-0.3, -0.25) is 4.79 Å². The van der Waals surface area contributed by atoms with Crippen molar-refractivity contribution in [2.45, 2.75) is 12.8 Å². The summed E-state index contributed by atoms with van der Waals surface area (Å²) in [5, 5.41) is 3.77. The third kappa shape index (κ3) is 3.49. The minimum Gasteiger partial charge on any atom is -0.320 e. The molecule has 0 radical (unpaired) electrons. The number of hydrogen-bond acceptors (Lipinski definition) is 2. The molecule has 4 heteroatoms. The van der Waals surface area contributed by atoms with Crippen molar-refractivity contribution >= 4 is 29.0 Å². The summed E-state index contributed by atoms with van der Waals surface area (Å²) in [4.78, 5) is 11.7. The molecule has 0 aromatic heterocycles. The Kier molecular flexibility index (Phi) is 5.09. The molecule has 0 bridgehead atoms. The number of carbonyl (C=O) groups excluding carboxylic acids is 1. The van der Waals surface area contributed by atoms with Crippen molar-refractivity contribution in [1.82, 2.24) is 5.32 Å². The minimum atomic E-state index is 0.0396. The molecule has 0 aliphatic heterocycles. The number of ketones is 1. The van der Waals surface area contributed by atoms with E-state index in [1.807, 2.05) is 7.05 Å². The largest absolute Gasteiger partial charge is 0.320 e. The second-order valence-electron chi connectivity index (χ2n) is 3.23. The van der Waals surface area contributed by atoms with Crippen molar-refractivity contribution in [3.63, 3.8) is 0 Å². The molecule has 0 unspecified atom stereocenters. The van der Waals surface area contributed by atoms with Crippen LogP contribution in [0.1, 0.15) is 23.2 Å². The highest BCUT2D eigenvalue weighted by Crippen LogP contribution is 2.26. The Bertz CT molecular complexity index is 352. The molecule has 1 aromatic carbocycles. The summed E-state index contributed by atoms with van der Waals surface area (Å²) >= 11 is 11.8. The highest BCUT2D eigenvalue weighted by atomic mass is 35.5. The predicted octanol–water partition coefficient (Wildman–Crippen LogP) is 3.18. The first-order chi connectivity index (χ1) is 7.16. The molecule has 0 amide bonds. The van der Waals surface area contributed by atoms with E-state index >= 15 is 0 Å². The fourth-order valence-electron chi connectivity index (χ4n) is 1.28. The molecule has 0 aliphatic carbocycles. The van der Waals surface area contributed by atoms with E-state index in [0.29, 0.717) is 22.0 Å². The second kappa shape index (κ2) is 6.11. The van der Waals surface area contributed by atoms with Crippen LogP contribution in [0, 0.1) is 0 Å². The predicted molar refractivity (Wildman–Crippen MR) is 64.0 cm³/mol. The molecule has 0 saturated carbocycles. The molecule has 1 N–H and O–H groups in total. The first-order valence-electron chi connectivity index (χ1n) is 4.78. The zero-order valence-electron chi connectivity index (χ0n) is 8.52. The smallest absolute Gasteiger partial charge is 0.164 e. The summed E-state index contributed by atoms with van der Waals surface area (Å²) in [5.41, 5.74) is 0.514. The first-order valence-corrected chi connectivity index (χ1v) is 5.54. The molecule has 0 atom stereocenters. The Morgan fingerprint density at radius 2 is 2.13 bits per heavy atom. The minimum absolute atomic E-state index is 0.0396. The van der Waals surface area contributed by atoms with Crippen LogP contribution in [-0.2, 0) is 0 Å². The normalized spacial score (nSPS) is 10.3. The summed E-state index contributed by atoms with van der Waals surface area (Å²) in [5.74, 6) is 0.0396. The van der Waals surface area contributed by atoms with Crippen molar-refractivity contribution in [1.29, 1.82) is 0 Å². The van der Waals surface area contributed by atoms with E-state index in [4.69, 9.17) is 23.2 Å². The van der Waals surface area contributed by atoms with Crippen LogP contribution in [-0.4, -0.2) is 19.4 Å². The van der Waals surface area contributed by atoms with Crippen molar-refractivity contribution in [2.24, 2.45) is 0 Å². The zero-order chi connectivity index (χ0) is 11.3. The summed E-state index contributed by atoms with van der Waals surface area (Å²) in [6.45, 7) is 0.823. The summed E-state index contributed by atoms with van der Waals surface area (Å²) in [7, 11) is 1.86. The van der Waals surface area contributed by atoms with Gasteiger partial charge in [-0.2, -0.15) is 0 Å². The highest BCUT2D eigenvalue weighted by molar-refractivity contribution is 6.43. The number of benzene rings is 1. The molecule has 1 aromatic rings. The monoisotopic (exact) mass is 245 g/mol. The molecule has 1 rings (SSSR count). The fourth-order valence-corrected chi connectivity index (χ4v) is 1.69. The van der Waals surface area contributed by atoms with Gasteiger partial charge in [0, 0.05) is 12.0 Å². The van der Waals surface area contributed by atoms with E-state index in [-0.39, 0.29) is 5.78 Å². The van der Waals surface area contributed by atoms with Gasteiger partial charge in [-0.05, 0) is 32.1 Å². The lowest BCUT2D eigenvalue weighted by molar-refractivity contribution is 0.0980. The van der Waals surface area contributed by atoms with Crippen LogP contribution in [0.5, 0.6) is 0 Å². The lowest BCUT2D eigenvalue weighted by Gasteiger charge is -2.04. The van der Waals surface area contributed by atoms with Crippen LogP contribution in [0.25, 0.3) is 0 Å². The van der Waals surface area contributed by atoms with E-state index in [1.54, 1.807) is 18.2 Å². The van der Waals surface area contributed by atoms with Gasteiger partial charge in [-0.1, -0.05) is 29.3 Å². The van der Waals surface area contributed by atoms with Crippen LogP contribution < -0.4 is 5.32 Å². The van der Waals surface area contributed by atoms with E-state index < -0.39 is 0 Å². The Labute approximate surface area is 99.6 Å². The Balaban J connectivity index is 2.69. The Morgan fingerprint density at radius 3 is 2.80 bits per heavy atom. The van der Waals surface area contributed by atoms with Gasteiger partial charge in [0.1, 0.15) is 0 Å². The van der Waals surface area contributed by atoms with Crippen LogP contribution >= 0.6 is 23.2 Å². The quantitative estimate of drug-likeness (QED) is 0.638. The molecule has 0 saturated heterocycles. The number of carbonyl (C=O) groups is 1. The fraction of sp³-hybridized carbons (Fsp3) is 0.364. The maximum absolute atomic E-state index is 11.7. The first kappa shape index (κ1) is 12.5. The maximum Gasteiger partial charge on any atom is 0.164 e. The van der Waals surface area contributed by atoms with E-state index in [2.05, 4.69) is 5.32 Å². The highest BCUT2D eigenvalue weighted by Gasteiger charge is 2.11. The molecule has 0 aliphatic rings. The molecule has 82 valence electrons. The van der Waals surface area contributed by atoms with Gasteiger partial charge in [0.15, 0.2) is 5.78 Å². The van der Waals surface area contributed by atoms with Gasteiger partial charge >= 0.3 is 0 Å². The standard InChI is InChI=1S/C11H13Cl2NO/c1-14-7-3-6-10(15)8-4-2-5-9(12)11(8)13/h2,4-5,14H,3,6-7H2,1H3. The third-order valence-electron chi connectivity index (χ3n) is 2.08. The second-order valence-corrected chi connectivity index (χ2v) is 4.02. The van der Waals surface area contributed by atoms with E-state index in [9.17, 15) is 4.79 Å². The lowest BCUT2D eigenvalue weighted by Crippen LogP contribution is -2.10. The molecule has 0 heterocycles. The molecule has 2 nitrogen and oxygen atoms in total. The van der Waals surface area contributed by atoms with Crippen LogP contribution in [0.4, 0.5) is 0 Å². The summed E-state index contributed by atoms with van der Waals surface area (Å²) < 4.78 is 0. The van der Waals surface area contributed by atoms with Gasteiger partial charge in [0.05, 0.1) is 10.0 Å². The van der Waals surface area contributed by atoms with Gasteiger partial charge in [0.25, 0.3) is 0 Å². The van der Waals surface area contributed by atoms with E-state index in [1.165, 1.54) is 0 Å². The zero-order valence-corrected chi connectivity index (χ0v) is 10.0. The van der Waals surface area contributed by atoms with Crippen LogP contribution in [0.3, 0.4) is 0 Å². The number of halogens is 2. The molecular weight excluding hydrogens is 233 g/mol. The SMILES string of the molecule is CNCCCC(=O)c1cccc(Cl)c1Cl. The number of rotatable bonds is 5. The molecule has 0 spiro atoms. The van der Waals surface area contributed by atoms with Gasteiger partial charge in [-0.25, -0.2) is 0 Å². The topological polar surface area (TPSA) is 29.1 Å². The number of Topliss-reactive ketones (excluding diaryl/α,β-unsaturated/α-hetero) is 1. The van der Waals surface area contributed by atoms with Crippen molar-refractivity contribution in [3.8, 4) is 0 Å². The van der Waals surface area contributed by atoms with E-state index in [0.717, 1.165) is 13.0 Å². The number of nitrogens with one attached hydrogen (secondary N) is 1. The van der Waals surface area contributed by atoms with Gasteiger partial charge in [0.2, 0.25) is 0 Å². The Hall–Kier alpha value is -0.570. The lowest BCUT2D eigenvalue weighted by atomic mass is 10.1. The molecule has 15 heavy (non-hydrogen) atoms. The van der Waals surface area contributed by atoms with Crippen molar-refractivity contribution in [2.75, 3.05) is 13.6 Å². The Morgan fingerprint density at radius 1 is 1.40 bits per heavy atom. The molecule has 0 fully saturated rings. The molecular formula is C11H13Cl2NO. The number of hydrogen-bond donors (Lipinski definition) is 1. The summed E-state index contributed by atoms with van der Waals surface area (Å²) in [6.07, 6.45) is 1.29. The third-order valence-corrected chi connectivity index (χ3v) is 2.90. The van der Waals surface area contributed by atoms with Gasteiger partial charge < -0.3 is 5.32 Å². The summed E-state index contributed by atoms with van der Waals surface area (Å²) in [6, 6.07) is 5.11. The average molecular weight is 246 g/mol. The van der Waals surface area contributed by atoms with Crippen LogP contribution in [0.15, 0.2) is 18.2 Å². The van der Waals surface area contributed by atoms with Gasteiger partial charge in [-0.15, -0.1) is 0 Å². The maximum atomic E-state index is 11.7. The van der Waals surface area contributed by atoms with Crippen LogP contribution in [0.2, 0.25) is 10.0 Å². The average Bonchev–Trinajstić information content (AvgIpc) is 2.22. The van der Waals surface area contributed by atoms with Crippen molar-refractivity contribution < 1.29 is 4.79 Å². The van der Waals surface area contributed by atoms with Crippen molar-refractivity contribution in [3.05, 3.63) is 33.8 Å².